The third-order valence-corrected chi connectivity index (χ3v) is 7.28. The monoisotopic (exact) mass is 445 g/mol. The molecule has 0 aliphatic carbocycles. The van der Waals surface area contributed by atoms with E-state index < -0.39 is 5.95 Å². The fourth-order valence-corrected chi connectivity index (χ4v) is 5.74. The number of nitrogens with zero attached hydrogens (tertiary/aromatic N) is 4. The summed E-state index contributed by atoms with van der Waals surface area (Å²) in [6, 6.07) is 3.16. The fraction of sp³-hybridized carbons (Fsp3) is 0.400. The third kappa shape index (κ3) is 3.48. The van der Waals surface area contributed by atoms with Crippen molar-refractivity contribution >= 4 is 39.5 Å². The zero-order valence-electron chi connectivity index (χ0n) is 16.5. The maximum atomic E-state index is 14.7. The lowest BCUT2D eigenvalue weighted by Gasteiger charge is -2.34. The molecule has 30 heavy (non-hydrogen) atoms. The molecule has 5 heterocycles. The summed E-state index contributed by atoms with van der Waals surface area (Å²) in [6.07, 6.45) is 1.80. The van der Waals surface area contributed by atoms with Gasteiger partial charge in [0.15, 0.2) is 5.13 Å². The zero-order chi connectivity index (χ0) is 20.8. The Bertz CT molecular complexity index is 1100. The van der Waals surface area contributed by atoms with E-state index in [1.54, 1.807) is 22.3 Å². The Morgan fingerprint density at radius 1 is 1.20 bits per heavy atom. The van der Waals surface area contributed by atoms with E-state index in [2.05, 4.69) is 20.3 Å². The number of nitrogens with one attached hydrogen (secondary N) is 1. The van der Waals surface area contributed by atoms with E-state index in [0.29, 0.717) is 24.2 Å². The van der Waals surface area contributed by atoms with Gasteiger partial charge in [-0.15, -0.1) is 22.7 Å². The van der Waals surface area contributed by atoms with Crippen LogP contribution in [0.5, 0.6) is 0 Å². The van der Waals surface area contributed by atoms with Crippen LogP contribution in [-0.4, -0.2) is 51.1 Å². The normalized spacial score (nSPS) is 20.6. The number of morpholine rings is 1. The summed E-state index contributed by atoms with van der Waals surface area (Å²) in [4.78, 5) is 28.6. The highest BCUT2D eigenvalue weighted by Crippen LogP contribution is 2.33. The molecule has 156 valence electrons. The maximum Gasteiger partial charge on any atom is 0.259 e. The lowest BCUT2D eigenvalue weighted by atomic mass is 10.2. The Morgan fingerprint density at radius 3 is 2.63 bits per heavy atom. The molecule has 0 saturated carbocycles. The van der Waals surface area contributed by atoms with E-state index in [4.69, 9.17) is 4.74 Å². The summed E-state index contributed by atoms with van der Waals surface area (Å²) in [6.45, 7) is 4.95. The molecule has 0 radical (unpaired) electrons. The summed E-state index contributed by atoms with van der Waals surface area (Å²) in [5.74, 6) is -0.774. The third-order valence-electron chi connectivity index (χ3n) is 5.43. The number of fused-ring (bicyclic) bond motifs is 2. The van der Waals surface area contributed by atoms with Gasteiger partial charge < -0.3 is 15.0 Å². The largest absolute Gasteiger partial charge is 0.377 e. The number of carbonyl (C=O) groups excluding carboxylic acids is 1. The van der Waals surface area contributed by atoms with Crippen molar-refractivity contribution in [3.8, 4) is 10.6 Å². The van der Waals surface area contributed by atoms with Gasteiger partial charge in [-0.05, 0) is 38.8 Å². The van der Waals surface area contributed by atoms with E-state index in [9.17, 15) is 9.18 Å². The van der Waals surface area contributed by atoms with E-state index in [1.165, 1.54) is 17.4 Å². The Hall–Kier alpha value is -2.43. The number of aromatic nitrogens is 3. The van der Waals surface area contributed by atoms with Crippen LogP contribution >= 0.6 is 22.7 Å². The summed E-state index contributed by atoms with van der Waals surface area (Å²) >= 11 is 3.00. The first-order chi connectivity index (χ1) is 14.5. The number of thiazole rings is 2. The highest BCUT2D eigenvalue weighted by Gasteiger charge is 2.41. The van der Waals surface area contributed by atoms with Gasteiger partial charge in [-0.1, -0.05) is 0 Å². The summed E-state index contributed by atoms with van der Waals surface area (Å²) < 4.78 is 20.2. The number of hydrogen-bond donors (Lipinski definition) is 1. The van der Waals surface area contributed by atoms with Gasteiger partial charge >= 0.3 is 0 Å². The summed E-state index contributed by atoms with van der Waals surface area (Å²) in [5.41, 5.74) is 1.77. The van der Waals surface area contributed by atoms with Crippen LogP contribution in [0.2, 0.25) is 0 Å². The second kappa shape index (κ2) is 7.68. The zero-order valence-corrected chi connectivity index (χ0v) is 18.1. The van der Waals surface area contributed by atoms with E-state index in [-0.39, 0.29) is 23.6 Å². The molecule has 0 spiro atoms. The van der Waals surface area contributed by atoms with Gasteiger partial charge in [0.05, 0.1) is 52.1 Å². The lowest BCUT2D eigenvalue weighted by Crippen LogP contribution is -2.49. The van der Waals surface area contributed by atoms with Crippen LogP contribution < -0.4 is 5.32 Å². The van der Waals surface area contributed by atoms with Crippen molar-refractivity contribution in [2.45, 2.75) is 38.8 Å². The van der Waals surface area contributed by atoms with Crippen LogP contribution in [0.1, 0.15) is 33.9 Å². The first kappa shape index (κ1) is 19.5. The van der Waals surface area contributed by atoms with Crippen molar-refractivity contribution in [1.29, 1.82) is 0 Å². The van der Waals surface area contributed by atoms with Crippen LogP contribution in [0.25, 0.3) is 10.6 Å². The smallest absolute Gasteiger partial charge is 0.259 e. The number of pyridine rings is 1. The Labute approximate surface area is 181 Å². The van der Waals surface area contributed by atoms with E-state index in [1.807, 2.05) is 19.2 Å². The highest BCUT2D eigenvalue weighted by molar-refractivity contribution is 7.16. The van der Waals surface area contributed by atoms with Crippen LogP contribution in [0.3, 0.4) is 0 Å². The predicted octanol–water partition coefficient (Wildman–Crippen LogP) is 4.16. The number of anilines is 2. The van der Waals surface area contributed by atoms with Crippen LogP contribution in [0.15, 0.2) is 17.5 Å². The number of halogens is 1. The molecule has 0 unspecified atom stereocenters. The Kier molecular flexibility index (Phi) is 5.00. The number of rotatable bonds is 4. The number of amides is 1. The highest BCUT2D eigenvalue weighted by atomic mass is 32.1. The van der Waals surface area contributed by atoms with Gasteiger partial charge in [-0.3, -0.25) is 4.79 Å². The predicted molar refractivity (Wildman–Crippen MR) is 114 cm³/mol. The van der Waals surface area contributed by atoms with Crippen molar-refractivity contribution in [2.75, 3.05) is 18.5 Å². The molecule has 2 atom stereocenters. The first-order valence-corrected chi connectivity index (χ1v) is 11.4. The van der Waals surface area contributed by atoms with Gasteiger partial charge in [0.2, 0.25) is 5.95 Å². The molecule has 1 N–H and O–H groups in total. The summed E-state index contributed by atoms with van der Waals surface area (Å²) in [7, 11) is 0. The molecule has 2 fully saturated rings. The number of hydrogen-bond acceptors (Lipinski definition) is 8. The molecule has 10 heteroatoms. The standard InChI is InChI=1S/C20H20FN5O2S2/c1-10-17(30-11(2)22-10)15-9-29-20(23-15)25-16-6-5-14(18(21)24-16)19(27)26-12-3-4-13(26)8-28-7-12/h5-6,9,12-13H,3-4,7-8H2,1-2H3,(H,23,24,25)/t12-,13+. The van der Waals surface area contributed by atoms with Crippen molar-refractivity contribution in [1.82, 2.24) is 19.9 Å². The van der Waals surface area contributed by atoms with Crippen LogP contribution in [-0.2, 0) is 4.74 Å². The molecule has 0 aromatic carbocycles. The molecule has 2 saturated heterocycles. The first-order valence-electron chi connectivity index (χ1n) is 9.73. The molecule has 2 aliphatic heterocycles. The molecule has 1 amide bonds. The van der Waals surface area contributed by atoms with Gasteiger partial charge in [0.1, 0.15) is 5.82 Å². The minimum Gasteiger partial charge on any atom is -0.377 e. The minimum atomic E-state index is -0.776. The van der Waals surface area contributed by atoms with Gasteiger partial charge in [0, 0.05) is 5.38 Å². The van der Waals surface area contributed by atoms with Crippen LogP contribution in [0.4, 0.5) is 15.3 Å². The van der Waals surface area contributed by atoms with Crippen molar-refractivity contribution in [3.63, 3.8) is 0 Å². The molecule has 7 nitrogen and oxygen atoms in total. The molecule has 5 rings (SSSR count). The van der Waals surface area contributed by atoms with Gasteiger partial charge in [-0.2, -0.15) is 4.39 Å². The van der Waals surface area contributed by atoms with Gasteiger partial charge in [-0.25, -0.2) is 15.0 Å². The molecule has 3 aromatic heterocycles. The maximum absolute atomic E-state index is 14.7. The number of ether oxygens (including phenoxy) is 1. The van der Waals surface area contributed by atoms with Gasteiger partial charge in [0.25, 0.3) is 5.91 Å². The molecule has 2 aliphatic rings. The second-order valence-electron chi connectivity index (χ2n) is 7.48. The van der Waals surface area contributed by atoms with E-state index in [0.717, 1.165) is 34.1 Å². The van der Waals surface area contributed by atoms with E-state index >= 15 is 0 Å². The molecular weight excluding hydrogens is 425 g/mol. The average molecular weight is 446 g/mol. The minimum absolute atomic E-state index is 0.00469. The Balaban J connectivity index is 1.33. The van der Waals surface area contributed by atoms with Crippen molar-refractivity contribution in [2.24, 2.45) is 0 Å². The molecule has 3 aromatic rings. The quantitative estimate of drug-likeness (QED) is 0.608. The van der Waals surface area contributed by atoms with Crippen LogP contribution in [0, 0.1) is 19.8 Å². The Morgan fingerprint density at radius 2 is 1.97 bits per heavy atom. The summed E-state index contributed by atoms with van der Waals surface area (Å²) in [5, 5.41) is 6.56. The second-order valence-corrected chi connectivity index (χ2v) is 9.54. The number of carbonyl (C=O) groups is 1. The van der Waals surface area contributed by atoms with Crippen molar-refractivity contribution in [3.05, 3.63) is 39.7 Å². The number of aryl methyl sites for hydroxylation is 2. The molecular formula is C20H20FN5O2S2. The molecule has 2 bridgehead atoms. The fourth-order valence-electron chi connectivity index (χ4n) is 4.08. The average Bonchev–Trinajstić information content (AvgIpc) is 3.37. The SMILES string of the molecule is Cc1nc(C)c(-c2csc(Nc3ccc(C(=O)N4[C@@H]5CC[C@H]4COC5)c(F)n3)n2)s1. The topological polar surface area (TPSA) is 80.2 Å². The van der Waals surface area contributed by atoms with Crippen molar-refractivity contribution < 1.29 is 13.9 Å². The lowest BCUT2D eigenvalue weighted by molar-refractivity contribution is -0.00743.